The Balaban J connectivity index is 1.59. The van der Waals surface area contributed by atoms with Gasteiger partial charge in [-0.2, -0.15) is 0 Å². The van der Waals surface area contributed by atoms with Crippen molar-refractivity contribution in [1.29, 1.82) is 0 Å². The summed E-state index contributed by atoms with van der Waals surface area (Å²) in [6, 6.07) is 18.5. The number of nitrogens with one attached hydrogen (secondary N) is 1. The molecule has 0 atom stereocenters. The van der Waals surface area contributed by atoms with E-state index in [9.17, 15) is 13.6 Å². The lowest BCUT2D eigenvalue weighted by Gasteiger charge is -2.10. The van der Waals surface area contributed by atoms with Crippen molar-refractivity contribution in [2.75, 3.05) is 11.1 Å². The molecule has 0 bridgehead atoms. The van der Waals surface area contributed by atoms with Crippen LogP contribution in [0.4, 0.5) is 14.5 Å². The minimum absolute atomic E-state index is 0.0334. The summed E-state index contributed by atoms with van der Waals surface area (Å²) in [5.74, 6) is -1.01. The number of rotatable bonds is 6. The Morgan fingerprint density at radius 2 is 1.44 bits per heavy atom. The summed E-state index contributed by atoms with van der Waals surface area (Å²) in [6.07, 6.45) is 0. The average molecular weight is 469 g/mol. The third-order valence-corrected chi connectivity index (χ3v) is 5.55. The van der Waals surface area contributed by atoms with E-state index >= 15 is 0 Å². The monoisotopic (exact) mass is 468 g/mol. The highest BCUT2D eigenvalue weighted by atomic mass is 35.5. The van der Waals surface area contributed by atoms with Crippen molar-refractivity contribution in [1.82, 2.24) is 15.2 Å². The summed E-state index contributed by atoms with van der Waals surface area (Å²) in [7, 11) is 0. The number of aromatic nitrogens is 3. The fourth-order valence-electron chi connectivity index (χ4n) is 2.86. The number of benzene rings is 3. The van der Waals surface area contributed by atoms with E-state index in [1.807, 2.05) is 0 Å². The number of thioether (sulfide) groups is 1. The Bertz CT molecular complexity index is 1250. The molecule has 1 heterocycles. The quantitative estimate of drug-likeness (QED) is 0.358. The van der Waals surface area contributed by atoms with Crippen LogP contribution < -0.4 is 5.32 Å². The van der Waals surface area contributed by atoms with Gasteiger partial charge in [0.25, 0.3) is 0 Å². The van der Waals surface area contributed by atoms with Crippen LogP contribution in [0.25, 0.3) is 22.5 Å². The van der Waals surface area contributed by atoms with Gasteiger partial charge >= 0.3 is 0 Å². The zero-order chi connectivity index (χ0) is 22.5. The molecule has 160 valence electrons. The Morgan fingerprint density at radius 3 is 2.06 bits per heavy atom. The third kappa shape index (κ3) is 5.27. The van der Waals surface area contributed by atoms with Crippen LogP contribution in [0.5, 0.6) is 0 Å². The molecule has 0 saturated carbocycles. The number of nitrogens with zero attached hydrogens (tertiary/aromatic N) is 3. The zero-order valence-corrected chi connectivity index (χ0v) is 18.0. The predicted molar refractivity (Wildman–Crippen MR) is 121 cm³/mol. The number of carbonyl (C=O) groups excluding carboxylic acids is 1. The maximum atomic E-state index is 13.4. The van der Waals surface area contributed by atoms with Crippen molar-refractivity contribution >= 4 is 35.0 Å². The molecule has 0 aliphatic rings. The van der Waals surface area contributed by atoms with E-state index in [0.717, 1.165) is 11.8 Å². The molecule has 1 N–H and O–H groups in total. The van der Waals surface area contributed by atoms with Crippen LogP contribution in [0.3, 0.4) is 0 Å². The summed E-state index contributed by atoms with van der Waals surface area (Å²) in [6.45, 7) is 0. The maximum absolute atomic E-state index is 13.4. The van der Waals surface area contributed by atoms with Crippen LogP contribution in [0.1, 0.15) is 0 Å². The van der Waals surface area contributed by atoms with Crippen LogP contribution in [0, 0.1) is 11.6 Å². The number of hydrogen-bond acceptors (Lipinski definition) is 5. The fraction of sp³-hybridized carbons (Fsp3) is 0.0435. The molecule has 32 heavy (non-hydrogen) atoms. The molecule has 0 saturated heterocycles. The van der Waals surface area contributed by atoms with Crippen LogP contribution in [0.15, 0.2) is 78.0 Å². The number of hydrogen-bond donors (Lipinski definition) is 1. The van der Waals surface area contributed by atoms with Gasteiger partial charge in [-0.25, -0.2) is 13.8 Å². The second-order valence-corrected chi connectivity index (χ2v) is 7.97. The summed E-state index contributed by atoms with van der Waals surface area (Å²) < 4.78 is 26.8. The van der Waals surface area contributed by atoms with Crippen molar-refractivity contribution in [2.45, 2.75) is 5.16 Å². The predicted octanol–water partition coefficient (Wildman–Crippen LogP) is 5.87. The van der Waals surface area contributed by atoms with Gasteiger partial charge in [0, 0.05) is 11.1 Å². The number of carbonyl (C=O) groups is 1. The Kier molecular flexibility index (Phi) is 6.72. The lowest BCUT2D eigenvalue weighted by molar-refractivity contribution is -0.113. The first-order valence-corrected chi connectivity index (χ1v) is 10.8. The first kappa shape index (κ1) is 21.9. The first-order valence-electron chi connectivity index (χ1n) is 9.43. The maximum Gasteiger partial charge on any atom is 0.234 e. The topological polar surface area (TPSA) is 67.8 Å². The first-order chi connectivity index (χ1) is 15.5. The Hall–Kier alpha value is -3.36. The van der Waals surface area contributed by atoms with Crippen molar-refractivity contribution < 1.29 is 13.6 Å². The minimum Gasteiger partial charge on any atom is -0.324 e. The summed E-state index contributed by atoms with van der Waals surface area (Å²) >= 11 is 7.16. The molecule has 4 aromatic rings. The van der Waals surface area contributed by atoms with E-state index in [4.69, 9.17) is 11.6 Å². The van der Waals surface area contributed by atoms with Crippen LogP contribution in [0.2, 0.25) is 5.02 Å². The van der Waals surface area contributed by atoms with Crippen molar-refractivity contribution in [3.05, 3.63) is 89.5 Å². The van der Waals surface area contributed by atoms with Gasteiger partial charge < -0.3 is 5.32 Å². The van der Waals surface area contributed by atoms with E-state index in [1.54, 1.807) is 48.5 Å². The van der Waals surface area contributed by atoms with Crippen LogP contribution >= 0.6 is 23.4 Å². The van der Waals surface area contributed by atoms with Crippen LogP contribution in [-0.4, -0.2) is 26.8 Å². The molecule has 0 radical (unpaired) electrons. The van der Waals surface area contributed by atoms with Gasteiger partial charge in [0.1, 0.15) is 23.0 Å². The molecule has 0 aliphatic heterocycles. The van der Waals surface area contributed by atoms with Gasteiger partial charge in [-0.15, -0.1) is 10.2 Å². The molecular formula is C23H15ClF2N4OS. The molecule has 0 spiro atoms. The van der Waals surface area contributed by atoms with Crippen molar-refractivity contribution in [2.24, 2.45) is 0 Å². The normalized spacial score (nSPS) is 10.7. The second-order valence-electron chi connectivity index (χ2n) is 6.62. The second kappa shape index (κ2) is 9.84. The number of amides is 1. The van der Waals surface area contributed by atoms with Gasteiger partial charge in [-0.3, -0.25) is 4.79 Å². The standard InChI is InChI=1S/C23H15ClF2N4OS/c24-18-3-1-2-4-19(18)27-20(31)13-32-23-28-21(14-5-9-16(25)10-6-14)22(29-30-23)15-7-11-17(26)12-8-15/h1-12H,13H2,(H,27,31). The Morgan fingerprint density at radius 1 is 0.844 bits per heavy atom. The van der Waals surface area contributed by atoms with E-state index in [2.05, 4.69) is 20.5 Å². The fourth-order valence-corrected chi connectivity index (χ4v) is 3.63. The van der Waals surface area contributed by atoms with E-state index in [-0.39, 0.29) is 28.5 Å². The number of anilines is 1. The molecule has 3 aromatic carbocycles. The highest BCUT2D eigenvalue weighted by Crippen LogP contribution is 2.30. The molecule has 0 fully saturated rings. The molecule has 0 aliphatic carbocycles. The Labute approximate surface area is 191 Å². The molecule has 1 amide bonds. The largest absolute Gasteiger partial charge is 0.324 e. The third-order valence-electron chi connectivity index (χ3n) is 4.38. The minimum atomic E-state index is -0.384. The van der Waals surface area contributed by atoms with Gasteiger partial charge in [0.05, 0.1) is 16.5 Å². The lowest BCUT2D eigenvalue weighted by atomic mass is 10.0. The summed E-state index contributed by atoms with van der Waals surface area (Å²) in [5.41, 5.74) is 2.60. The van der Waals surface area contributed by atoms with E-state index < -0.39 is 0 Å². The van der Waals surface area contributed by atoms with Crippen molar-refractivity contribution in [3.8, 4) is 22.5 Å². The highest BCUT2D eigenvalue weighted by Gasteiger charge is 2.15. The van der Waals surface area contributed by atoms with Crippen LogP contribution in [-0.2, 0) is 4.79 Å². The van der Waals surface area contributed by atoms with Gasteiger partial charge in [-0.1, -0.05) is 35.5 Å². The molecule has 5 nitrogen and oxygen atoms in total. The molecular weight excluding hydrogens is 454 g/mol. The average Bonchev–Trinajstić information content (AvgIpc) is 2.80. The van der Waals surface area contributed by atoms with E-state index in [1.165, 1.54) is 24.3 Å². The SMILES string of the molecule is O=C(CSc1nnc(-c2ccc(F)cc2)c(-c2ccc(F)cc2)n1)Nc1ccccc1Cl. The van der Waals surface area contributed by atoms with E-state index in [0.29, 0.717) is 33.2 Å². The highest BCUT2D eigenvalue weighted by molar-refractivity contribution is 7.99. The summed E-state index contributed by atoms with van der Waals surface area (Å²) in [5, 5.41) is 11.8. The molecule has 9 heteroatoms. The molecule has 1 aromatic heterocycles. The number of halogens is 3. The van der Waals surface area contributed by atoms with Crippen molar-refractivity contribution in [3.63, 3.8) is 0 Å². The van der Waals surface area contributed by atoms with Gasteiger partial charge in [0.15, 0.2) is 0 Å². The van der Waals surface area contributed by atoms with Gasteiger partial charge in [-0.05, 0) is 60.7 Å². The number of para-hydroxylation sites is 1. The van der Waals surface area contributed by atoms with Gasteiger partial charge in [0.2, 0.25) is 11.1 Å². The molecule has 4 rings (SSSR count). The summed E-state index contributed by atoms with van der Waals surface area (Å²) in [4.78, 5) is 16.8. The lowest BCUT2D eigenvalue weighted by Crippen LogP contribution is -2.14. The zero-order valence-electron chi connectivity index (χ0n) is 16.4. The smallest absolute Gasteiger partial charge is 0.234 e. The molecule has 0 unspecified atom stereocenters.